The first-order valence-electron chi connectivity index (χ1n) is 5.65. The van der Waals surface area contributed by atoms with Crippen molar-refractivity contribution in [2.75, 3.05) is 7.11 Å². The molecule has 0 aromatic rings. The summed E-state index contributed by atoms with van der Waals surface area (Å²) in [7, 11) is 1.44. The number of rotatable bonds is 9. The van der Waals surface area contributed by atoms with Crippen LogP contribution in [0.3, 0.4) is 0 Å². The van der Waals surface area contributed by atoms with Gasteiger partial charge >= 0.3 is 5.97 Å². The molecule has 0 bridgehead atoms. The van der Waals surface area contributed by atoms with Crippen molar-refractivity contribution in [2.45, 2.75) is 44.9 Å². The van der Waals surface area contributed by atoms with Crippen molar-refractivity contribution in [2.24, 2.45) is 0 Å². The van der Waals surface area contributed by atoms with Crippen LogP contribution in [-0.4, -0.2) is 13.1 Å². The van der Waals surface area contributed by atoms with Crippen LogP contribution in [0.5, 0.6) is 0 Å². The van der Waals surface area contributed by atoms with Gasteiger partial charge in [-0.3, -0.25) is 4.79 Å². The predicted molar refractivity (Wildman–Crippen MR) is 63.7 cm³/mol. The van der Waals surface area contributed by atoms with Crippen molar-refractivity contribution in [3.8, 4) is 0 Å². The summed E-state index contributed by atoms with van der Waals surface area (Å²) in [5.41, 5.74) is 0. The molecule has 0 saturated carbocycles. The fourth-order valence-corrected chi connectivity index (χ4v) is 1.36. The van der Waals surface area contributed by atoms with Gasteiger partial charge in [0.05, 0.1) is 7.11 Å². The van der Waals surface area contributed by atoms with E-state index < -0.39 is 0 Å². The number of methoxy groups -OCH3 is 1. The first kappa shape index (κ1) is 13.9. The maximum absolute atomic E-state index is 10.8. The first-order valence-corrected chi connectivity index (χ1v) is 5.65. The lowest BCUT2D eigenvalue weighted by Crippen LogP contribution is -1.98. The van der Waals surface area contributed by atoms with E-state index in [4.69, 9.17) is 0 Å². The van der Waals surface area contributed by atoms with Crippen molar-refractivity contribution in [1.29, 1.82) is 0 Å². The third kappa shape index (κ3) is 10.9. The van der Waals surface area contributed by atoms with Crippen LogP contribution >= 0.6 is 0 Å². The fraction of sp³-hybridized carbons (Fsp3) is 0.615. The highest BCUT2D eigenvalue weighted by Crippen LogP contribution is 2.07. The Morgan fingerprint density at radius 3 is 2.53 bits per heavy atom. The van der Waals surface area contributed by atoms with Crippen molar-refractivity contribution in [3.05, 3.63) is 24.8 Å². The van der Waals surface area contributed by atoms with Crippen molar-refractivity contribution < 1.29 is 9.53 Å². The summed E-state index contributed by atoms with van der Waals surface area (Å²) in [6.45, 7) is 3.61. The molecule has 2 heteroatoms. The average Bonchev–Trinajstić information content (AvgIpc) is 2.26. The van der Waals surface area contributed by atoms with E-state index in [-0.39, 0.29) is 5.97 Å². The second-order valence-corrected chi connectivity index (χ2v) is 3.55. The Labute approximate surface area is 93.0 Å². The lowest BCUT2D eigenvalue weighted by molar-refractivity contribution is -0.140. The molecule has 0 unspecified atom stereocenters. The molecule has 0 saturated heterocycles. The molecular formula is C13H22O2. The van der Waals surface area contributed by atoms with E-state index in [9.17, 15) is 4.79 Å². The molecular weight excluding hydrogens is 188 g/mol. The van der Waals surface area contributed by atoms with Gasteiger partial charge < -0.3 is 4.74 Å². The molecule has 0 radical (unpaired) electrons. The van der Waals surface area contributed by atoms with Crippen LogP contribution < -0.4 is 0 Å². The predicted octanol–water partition coefficient (Wildman–Crippen LogP) is 3.63. The van der Waals surface area contributed by atoms with Crippen LogP contribution in [-0.2, 0) is 9.53 Å². The standard InChI is InChI=1S/C13H22O2/c1-3-4-5-6-7-8-9-10-11-12-13(14)15-2/h3-5H,1,6-12H2,2H3. The number of carbonyl (C=O) groups is 1. The molecule has 0 aliphatic rings. The van der Waals surface area contributed by atoms with E-state index in [2.05, 4.69) is 17.4 Å². The van der Waals surface area contributed by atoms with E-state index in [0.717, 1.165) is 19.3 Å². The minimum absolute atomic E-state index is 0.0936. The Hall–Kier alpha value is -1.05. The van der Waals surface area contributed by atoms with Crippen LogP contribution in [0.2, 0.25) is 0 Å². The van der Waals surface area contributed by atoms with Crippen molar-refractivity contribution >= 4 is 5.97 Å². The van der Waals surface area contributed by atoms with Gasteiger partial charge in [0.2, 0.25) is 0 Å². The van der Waals surface area contributed by atoms with Crippen LogP contribution in [0.4, 0.5) is 0 Å². The van der Waals surface area contributed by atoms with Crippen molar-refractivity contribution in [3.63, 3.8) is 0 Å². The molecule has 2 nitrogen and oxygen atoms in total. The molecule has 0 aromatic heterocycles. The molecule has 0 spiro atoms. The van der Waals surface area contributed by atoms with Gasteiger partial charge in [-0.05, 0) is 19.3 Å². The first-order chi connectivity index (χ1) is 7.31. The summed E-state index contributed by atoms with van der Waals surface area (Å²) in [6, 6.07) is 0. The van der Waals surface area contributed by atoms with Crippen molar-refractivity contribution in [1.82, 2.24) is 0 Å². The molecule has 0 amide bonds. The smallest absolute Gasteiger partial charge is 0.305 e. The largest absolute Gasteiger partial charge is 0.469 e. The van der Waals surface area contributed by atoms with Gasteiger partial charge in [0.15, 0.2) is 0 Å². The second kappa shape index (κ2) is 11.0. The average molecular weight is 210 g/mol. The number of esters is 1. The van der Waals surface area contributed by atoms with Gasteiger partial charge in [0.1, 0.15) is 0 Å². The summed E-state index contributed by atoms with van der Waals surface area (Å²) in [5.74, 6) is -0.0936. The van der Waals surface area contributed by atoms with Gasteiger partial charge in [0.25, 0.3) is 0 Å². The highest BCUT2D eigenvalue weighted by Gasteiger charge is 1.98. The lowest BCUT2D eigenvalue weighted by atomic mass is 10.1. The van der Waals surface area contributed by atoms with Crippen LogP contribution in [0, 0.1) is 0 Å². The molecule has 15 heavy (non-hydrogen) atoms. The third-order valence-electron chi connectivity index (χ3n) is 2.25. The Balaban J connectivity index is 3.08. The summed E-state index contributed by atoms with van der Waals surface area (Å²) < 4.78 is 4.56. The topological polar surface area (TPSA) is 26.3 Å². The van der Waals surface area contributed by atoms with Gasteiger partial charge in [-0.1, -0.05) is 44.1 Å². The number of carbonyl (C=O) groups excluding carboxylic acids is 1. The zero-order valence-corrected chi connectivity index (χ0v) is 9.71. The van der Waals surface area contributed by atoms with Gasteiger partial charge in [-0.25, -0.2) is 0 Å². The number of unbranched alkanes of at least 4 members (excludes halogenated alkanes) is 5. The minimum atomic E-state index is -0.0936. The summed E-state index contributed by atoms with van der Waals surface area (Å²) in [4.78, 5) is 10.8. The highest BCUT2D eigenvalue weighted by atomic mass is 16.5. The number of ether oxygens (including phenoxy) is 1. The molecule has 0 aliphatic heterocycles. The quantitative estimate of drug-likeness (QED) is 0.330. The summed E-state index contributed by atoms with van der Waals surface area (Å²) in [5, 5.41) is 0. The summed E-state index contributed by atoms with van der Waals surface area (Å²) in [6.07, 6.45) is 13.4. The number of hydrogen-bond donors (Lipinski definition) is 0. The van der Waals surface area contributed by atoms with Crippen LogP contribution in [0.15, 0.2) is 24.8 Å². The Morgan fingerprint density at radius 2 is 1.87 bits per heavy atom. The lowest BCUT2D eigenvalue weighted by Gasteiger charge is -1.99. The molecule has 0 aliphatic carbocycles. The molecule has 0 aromatic carbocycles. The maximum atomic E-state index is 10.8. The highest BCUT2D eigenvalue weighted by molar-refractivity contribution is 5.68. The van der Waals surface area contributed by atoms with E-state index in [1.807, 2.05) is 6.08 Å². The zero-order valence-electron chi connectivity index (χ0n) is 9.71. The summed E-state index contributed by atoms with van der Waals surface area (Å²) >= 11 is 0. The fourth-order valence-electron chi connectivity index (χ4n) is 1.36. The SMILES string of the molecule is C=CC=CCCCCCCCC(=O)OC. The van der Waals surface area contributed by atoms with Gasteiger partial charge in [-0.15, -0.1) is 0 Å². The van der Waals surface area contributed by atoms with E-state index in [1.54, 1.807) is 6.08 Å². The third-order valence-corrected chi connectivity index (χ3v) is 2.25. The number of hydrogen-bond acceptors (Lipinski definition) is 2. The monoisotopic (exact) mass is 210 g/mol. The van der Waals surface area contributed by atoms with E-state index in [1.165, 1.54) is 26.4 Å². The van der Waals surface area contributed by atoms with E-state index in [0.29, 0.717) is 6.42 Å². The normalized spacial score (nSPS) is 10.5. The zero-order chi connectivity index (χ0) is 11.4. The van der Waals surface area contributed by atoms with Crippen LogP contribution in [0.25, 0.3) is 0 Å². The molecule has 0 atom stereocenters. The van der Waals surface area contributed by atoms with E-state index >= 15 is 0 Å². The number of allylic oxidation sites excluding steroid dienone is 3. The molecule has 0 heterocycles. The molecule has 0 rings (SSSR count). The molecule has 0 fully saturated rings. The van der Waals surface area contributed by atoms with Gasteiger partial charge in [-0.2, -0.15) is 0 Å². The Kier molecular flexibility index (Phi) is 10.3. The van der Waals surface area contributed by atoms with Gasteiger partial charge in [0, 0.05) is 6.42 Å². The van der Waals surface area contributed by atoms with Crippen LogP contribution in [0.1, 0.15) is 44.9 Å². The molecule has 86 valence electrons. The Morgan fingerprint density at radius 1 is 1.20 bits per heavy atom. The second-order valence-electron chi connectivity index (χ2n) is 3.55. The molecule has 0 N–H and O–H groups in total. The Bertz CT molecular complexity index is 195. The minimum Gasteiger partial charge on any atom is -0.469 e. The maximum Gasteiger partial charge on any atom is 0.305 e.